The van der Waals surface area contributed by atoms with E-state index in [9.17, 15) is 5.11 Å². The lowest BCUT2D eigenvalue weighted by Crippen LogP contribution is -1.87. The van der Waals surface area contributed by atoms with Gasteiger partial charge in [0.05, 0.1) is 17.2 Å². The quantitative estimate of drug-likeness (QED) is 0.917. The Hall–Kier alpha value is -0.710. The molecule has 0 radical (unpaired) electrons. The van der Waals surface area contributed by atoms with Gasteiger partial charge in [-0.05, 0) is 41.9 Å². The van der Waals surface area contributed by atoms with Crippen molar-refractivity contribution in [1.82, 2.24) is 4.98 Å². The number of aliphatic hydroxyl groups excluding tert-OH is 1. The fourth-order valence-corrected chi connectivity index (χ4v) is 3.20. The van der Waals surface area contributed by atoms with Gasteiger partial charge in [0.15, 0.2) is 3.92 Å². The van der Waals surface area contributed by atoms with Crippen LogP contribution < -0.4 is 0 Å². The first-order chi connectivity index (χ1) is 7.60. The Morgan fingerprint density at radius 1 is 1.25 bits per heavy atom. The van der Waals surface area contributed by atoms with Gasteiger partial charge < -0.3 is 5.11 Å². The SMILES string of the molecule is Cc1cc(C)cc(-c2nc(Br)sc2CO)c1. The molecule has 2 nitrogen and oxygen atoms in total. The van der Waals surface area contributed by atoms with Crippen molar-refractivity contribution in [2.75, 3.05) is 0 Å². The van der Waals surface area contributed by atoms with E-state index in [0.717, 1.165) is 20.1 Å². The Bertz CT molecular complexity index is 501. The van der Waals surface area contributed by atoms with Crippen molar-refractivity contribution in [1.29, 1.82) is 0 Å². The largest absolute Gasteiger partial charge is 0.391 e. The molecule has 16 heavy (non-hydrogen) atoms. The number of benzene rings is 1. The summed E-state index contributed by atoms with van der Waals surface area (Å²) in [6, 6.07) is 6.31. The molecule has 4 heteroatoms. The fraction of sp³-hybridized carbons (Fsp3) is 0.250. The minimum absolute atomic E-state index is 0.0333. The molecule has 0 saturated heterocycles. The highest BCUT2D eigenvalue weighted by Crippen LogP contribution is 2.31. The van der Waals surface area contributed by atoms with Crippen LogP contribution in [0, 0.1) is 13.8 Å². The normalized spacial score (nSPS) is 10.8. The van der Waals surface area contributed by atoms with E-state index in [1.807, 2.05) is 0 Å². The molecular formula is C12H12BrNOS. The van der Waals surface area contributed by atoms with Gasteiger partial charge in [0, 0.05) is 5.56 Å². The highest BCUT2D eigenvalue weighted by atomic mass is 79.9. The molecule has 2 aromatic rings. The highest BCUT2D eigenvalue weighted by molar-refractivity contribution is 9.11. The maximum Gasteiger partial charge on any atom is 0.160 e. The molecule has 0 aliphatic rings. The molecule has 2 rings (SSSR count). The Balaban J connectivity index is 2.57. The molecule has 0 unspecified atom stereocenters. The number of halogens is 1. The van der Waals surface area contributed by atoms with Crippen molar-refractivity contribution in [2.24, 2.45) is 0 Å². The van der Waals surface area contributed by atoms with E-state index in [4.69, 9.17) is 0 Å². The molecular weight excluding hydrogens is 286 g/mol. The van der Waals surface area contributed by atoms with Crippen molar-refractivity contribution >= 4 is 27.3 Å². The average Bonchev–Trinajstić information content (AvgIpc) is 2.58. The molecule has 0 spiro atoms. The highest BCUT2D eigenvalue weighted by Gasteiger charge is 2.11. The van der Waals surface area contributed by atoms with E-state index in [-0.39, 0.29) is 6.61 Å². The number of hydrogen-bond donors (Lipinski definition) is 1. The van der Waals surface area contributed by atoms with Gasteiger partial charge in [0.2, 0.25) is 0 Å². The Morgan fingerprint density at radius 2 is 1.88 bits per heavy atom. The molecule has 0 bridgehead atoms. The molecule has 0 aliphatic heterocycles. The zero-order chi connectivity index (χ0) is 11.7. The minimum Gasteiger partial charge on any atom is -0.391 e. The predicted molar refractivity (Wildman–Crippen MR) is 70.6 cm³/mol. The molecule has 1 heterocycles. The van der Waals surface area contributed by atoms with Crippen LogP contribution >= 0.6 is 27.3 Å². The monoisotopic (exact) mass is 297 g/mol. The van der Waals surface area contributed by atoms with Crippen molar-refractivity contribution in [3.8, 4) is 11.3 Å². The van der Waals surface area contributed by atoms with E-state index in [2.05, 4.69) is 53.0 Å². The molecule has 0 fully saturated rings. The van der Waals surface area contributed by atoms with Crippen LogP contribution in [0.4, 0.5) is 0 Å². The van der Waals surface area contributed by atoms with Gasteiger partial charge in [-0.15, -0.1) is 11.3 Å². The van der Waals surface area contributed by atoms with Crippen LogP contribution in [0.2, 0.25) is 0 Å². The average molecular weight is 298 g/mol. The molecule has 0 saturated carbocycles. The molecule has 1 N–H and O–H groups in total. The fourth-order valence-electron chi connectivity index (χ4n) is 1.77. The maximum atomic E-state index is 9.28. The van der Waals surface area contributed by atoms with Crippen LogP contribution in [0.5, 0.6) is 0 Å². The second-order valence-electron chi connectivity index (χ2n) is 3.77. The summed E-state index contributed by atoms with van der Waals surface area (Å²) in [5.41, 5.74) is 4.38. The third-order valence-electron chi connectivity index (χ3n) is 2.31. The van der Waals surface area contributed by atoms with Crippen LogP contribution in [0.15, 0.2) is 22.1 Å². The zero-order valence-electron chi connectivity index (χ0n) is 9.12. The van der Waals surface area contributed by atoms with Crippen molar-refractivity contribution in [3.05, 3.63) is 38.1 Å². The summed E-state index contributed by atoms with van der Waals surface area (Å²) in [5, 5.41) is 9.28. The molecule has 0 atom stereocenters. The number of aliphatic hydroxyl groups is 1. The predicted octanol–water partition coefficient (Wildman–Crippen LogP) is 3.68. The molecule has 1 aromatic carbocycles. The van der Waals surface area contributed by atoms with Gasteiger partial charge in [-0.3, -0.25) is 0 Å². The number of hydrogen-bond acceptors (Lipinski definition) is 3. The van der Waals surface area contributed by atoms with E-state index in [1.54, 1.807) is 0 Å². The first-order valence-corrected chi connectivity index (χ1v) is 6.56. The standard InChI is InChI=1S/C12H12BrNOS/c1-7-3-8(2)5-9(4-7)11-10(6-15)16-12(13)14-11/h3-5,15H,6H2,1-2H3. The van der Waals surface area contributed by atoms with Crippen molar-refractivity contribution in [3.63, 3.8) is 0 Å². The van der Waals surface area contributed by atoms with Crippen LogP contribution in [0.1, 0.15) is 16.0 Å². The summed E-state index contributed by atoms with van der Waals surface area (Å²) in [7, 11) is 0. The Labute approximate surface area is 107 Å². The number of aryl methyl sites for hydroxylation is 2. The zero-order valence-corrected chi connectivity index (χ0v) is 11.5. The van der Waals surface area contributed by atoms with E-state index in [1.165, 1.54) is 22.5 Å². The maximum absolute atomic E-state index is 9.28. The van der Waals surface area contributed by atoms with Gasteiger partial charge in [-0.1, -0.05) is 17.2 Å². The first-order valence-electron chi connectivity index (χ1n) is 4.95. The van der Waals surface area contributed by atoms with E-state index < -0.39 is 0 Å². The van der Waals surface area contributed by atoms with Crippen molar-refractivity contribution < 1.29 is 5.11 Å². The van der Waals surface area contributed by atoms with Gasteiger partial charge in [-0.2, -0.15) is 0 Å². The summed E-state index contributed by atoms with van der Waals surface area (Å²) < 4.78 is 0.811. The summed E-state index contributed by atoms with van der Waals surface area (Å²) in [6.07, 6.45) is 0. The topological polar surface area (TPSA) is 33.1 Å². The third kappa shape index (κ3) is 2.34. The van der Waals surface area contributed by atoms with Gasteiger partial charge in [0.1, 0.15) is 0 Å². The smallest absolute Gasteiger partial charge is 0.160 e. The lowest BCUT2D eigenvalue weighted by Gasteiger charge is -2.03. The number of aromatic nitrogens is 1. The summed E-state index contributed by atoms with van der Waals surface area (Å²) >= 11 is 4.83. The second-order valence-corrected chi connectivity index (χ2v) is 6.13. The Kier molecular flexibility index (Phi) is 3.42. The second kappa shape index (κ2) is 4.65. The van der Waals surface area contributed by atoms with Crippen LogP contribution in [0.3, 0.4) is 0 Å². The van der Waals surface area contributed by atoms with Gasteiger partial charge in [0.25, 0.3) is 0 Å². The van der Waals surface area contributed by atoms with Gasteiger partial charge >= 0.3 is 0 Å². The molecule has 1 aromatic heterocycles. The van der Waals surface area contributed by atoms with E-state index in [0.29, 0.717) is 0 Å². The van der Waals surface area contributed by atoms with Gasteiger partial charge in [-0.25, -0.2) is 4.98 Å². The van der Waals surface area contributed by atoms with E-state index >= 15 is 0 Å². The lowest BCUT2D eigenvalue weighted by molar-refractivity contribution is 0.286. The summed E-state index contributed by atoms with van der Waals surface area (Å²) in [4.78, 5) is 5.31. The van der Waals surface area contributed by atoms with Crippen LogP contribution in [-0.4, -0.2) is 10.1 Å². The van der Waals surface area contributed by atoms with Crippen molar-refractivity contribution in [2.45, 2.75) is 20.5 Å². The van der Waals surface area contributed by atoms with Crippen LogP contribution in [0.25, 0.3) is 11.3 Å². The summed E-state index contributed by atoms with van der Waals surface area (Å²) in [5.74, 6) is 0. The Morgan fingerprint density at radius 3 is 2.44 bits per heavy atom. The minimum atomic E-state index is 0.0333. The first kappa shape index (κ1) is 11.8. The summed E-state index contributed by atoms with van der Waals surface area (Å²) in [6.45, 7) is 4.17. The lowest BCUT2D eigenvalue weighted by atomic mass is 10.0. The van der Waals surface area contributed by atoms with Crippen LogP contribution in [-0.2, 0) is 6.61 Å². The third-order valence-corrected chi connectivity index (χ3v) is 3.80. The molecule has 84 valence electrons. The number of thiazole rings is 1. The molecule has 0 aliphatic carbocycles. The molecule has 0 amide bonds. The number of nitrogens with zero attached hydrogens (tertiary/aromatic N) is 1. The number of rotatable bonds is 2.